The third kappa shape index (κ3) is 1.32. The Labute approximate surface area is 93.9 Å². The molecular weight excluding hydrogens is 204 g/mol. The summed E-state index contributed by atoms with van der Waals surface area (Å²) in [5.41, 5.74) is 7.17. The lowest BCUT2D eigenvalue weighted by molar-refractivity contribution is 0.505. The molecule has 2 N–H and O–H groups in total. The average Bonchev–Trinajstić information content (AvgIpc) is 2.55. The summed E-state index contributed by atoms with van der Waals surface area (Å²) in [5.74, 6) is 2.83. The third-order valence-electron chi connectivity index (χ3n) is 3.04. The highest BCUT2D eigenvalue weighted by atomic mass is 32.1. The summed E-state index contributed by atoms with van der Waals surface area (Å²) < 4.78 is 0. The van der Waals surface area contributed by atoms with Gasteiger partial charge in [0.2, 0.25) is 5.69 Å². The molecule has 0 amide bonds. The molecule has 0 saturated heterocycles. The monoisotopic (exact) mass is 216 g/mol. The number of fused-ring (bicyclic) bond motifs is 1. The summed E-state index contributed by atoms with van der Waals surface area (Å²) in [7, 11) is 0. The van der Waals surface area contributed by atoms with E-state index in [-0.39, 0.29) is 5.41 Å². The molecule has 1 aromatic rings. The second-order valence-electron chi connectivity index (χ2n) is 4.05. The minimum Gasteiger partial charge on any atom is -0.399 e. The van der Waals surface area contributed by atoms with Crippen molar-refractivity contribution in [3.8, 4) is 12.3 Å². The molecule has 76 valence electrons. The SMILES string of the molecule is [C-]#[N+]c1c(N)sc2c1[C@@](C)(C#C)CCC2. The number of nitrogen functional groups attached to an aromatic ring is 1. The molecule has 3 heteroatoms. The van der Waals surface area contributed by atoms with Crippen LogP contribution < -0.4 is 5.73 Å². The fourth-order valence-corrected chi connectivity index (χ4v) is 3.40. The first-order chi connectivity index (χ1) is 7.12. The van der Waals surface area contributed by atoms with E-state index in [2.05, 4.69) is 10.8 Å². The molecule has 0 bridgehead atoms. The third-order valence-corrected chi connectivity index (χ3v) is 4.11. The van der Waals surface area contributed by atoms with Gasteiger partial charge in [0.25, 0.3) is 0 Å². The summed E-state index contributed by atoms with van der Waals surface area (Å²) in [6.45, 7) is 9.21. The fraction of sp³-hybridized carbons (Fsp3) is 0.417. The predicted octanol–water partition coefficient (Wildman–Crippen LogP) is 3.11. The van der Waals surface area contributed by atoms with Gasteiger partial charge >= 0.3 is 0 Å². The number of hydrogen-bond donors (Lipinski definition) is 1. The maximum Gasteiger partial charge on any atom is 0.225 e. The molecule has 1 atom stereocenters. The molecule has 1 aliphatic carbocycles. The van der Waals surface area contributed by atoms with Gasteiger partial charge in [0.1, 0.15) is 0 Å². The Bertz CT molecular complexity index is 487. The largest absolute Gasteiger partial charge is 0.399 e. The first kappa shape index (κ1) is 10.1. The molecule has 1 aliphatic rings. The van der Waals surface area contributed by atoms with Gasteiger partial charge in [-0.15, -0.1) is 17.8 Å². The number of nitrogens with zero attached hydrogens (tertiary/aromatic N) is 1. The quantitative estimate of drug-likeness (QED) is 0.524. The van der Waals surface area contributed by atoms with Crippen molar-refractivity contribution in [3.05, 3.63) is 21.9 Å². The number of hydrogen-bond acceptors (Lipinski definition) is 2. The van der Waals surface area contributed by atoms with E-state index in [1.807, 2.05) is 6.92 Å². The number of nitrogens with two attached hydrogens (primary N) is 1. The number of aryl methyl sites for hydroxylation is 1. The van der Waals surface area contributed by atoms with E-state index >= 15 is 0 Å². The van der Waals surface area contributed by atoms with Crippen molar-refractivity contribution in [1.29, 1.82) is 0 Å². The Kier molecular flexibility index (Phi) is 2.21. The molecule has 1 aromatic heterocycles. The van der Waals surface area contributed by atoms with Crippen LogP contribution in [0.4, 0.5) is 10.7 Å². The lowest BCUT2D eigenvalue weighted by Gasteiger charge is -2.29. The number of thiophene rings is 1. The van der Waals surface area contributed by atoms with Gasteiger partial charge in [-0.25, -0.2) is 4.85 Å². The molecule has 1 heterocycles. The zero-order valence-electron chi connectivity index (χ0n) is 8.63. The number of anilines is 1. The molecule has 2 nitrogen and oxygen atoms in total. The molecule has 0 spiro atoms. The first-order valence-electron chi connectivity index (χ1n) is 4.89. The van der Waals surface area contributed by atoms with E-state index < -0.39 is 0 Å². The van der Waals surface area contributed by atoms with E-state index in [9.17, 15) is 0 Å². The van der Waals surface area contributed by atoms with E-state index in [0.717, 1.165) is 24.8 Å². The summed E-state index contributed by atoms with van der Waals surface area (Å²) in [5, 5.41) is 0.623. The lowest BCUT2D eigenvalue weighted by atomic mass is 9.74. The Balaban J connectivity index is 2.71. The first-order valence-corrected chi connectivity index (χ1v) is 5.71. The Morgan fingerprint density at radius 3 is 3.00 bits per heavy atom. The van der Waals surface area contributed by atoms with Crippen LogP contribution in [0.15, 0.2) is 0 Å². The van der Waals surface area contributed by atoms with Crippen molar-refractivity contribution < 1.29 is 0 Å². The molecule has 0 aliphatic heterocycles. The molecule has 0 aromatic carbocycles. The molecular formula is C12H12N2S. The molecule has 0 fully saturated rings. The summed E-state index contributed by atoms with van der Waals surface area (Å²) >= 11 is 1.53. The highest BCUT2D eigenvalue weighted by Crippen LogP contribution is 2.49. The number of terminal acetylenes is 1. The highest BCUT2D eigenvalue weighted by Gasteiger charge is 2.35. The molecule has 15 heavy (non-hydrogen) atoms. The Hall–Kier alpha value is -1.45. The van der Waals surface area contributed by atoms with Gasteiger partial charge in [0.15, 0.2) is 0 Å². The van der Waals surface area contributed by atoms with Crippen LogP contribution in [0.25, 0.3) is 4.85 Å². The molecule has 0 unspecified atom stereocenters. The lowest BCUT2D eigenvalue weighted by Crippen LogP contribution is -2.24. The van der Waals surface area contributed by atoms with Gasteiger partial charge in [0, 0.05) is 5.41 Å². The van der Waals surface area contributed by atoms with E-state index in [1.54, 1.807) is 0 Å². The van der Waals surface area contributed by atoms with Crippen LogP contribution in [0.2, 0.25) is 0 Å². The fourth-order valence-electron chi connectivity index (χ4n) is 2.22. The number of rotatable bonds is 0. The zero-order valence-corrected chi connectivity index (χ0v) is 9.45. The van der Waals surface area contributed by atoms with Crippen molar-refractivity contribution in [1.82, 2.24) is 0 Å². The standard InChI is InChI=1S/C12H12N2S/c1-4-12(2)7-5-6-8-9(12)10(14-3)11(13)15-8/h1H,5-7,13H2,2H3/t12-/m0/s1. The van der Waals surface area contributed by atoms with Crippen molar-refractivity contribution in [3.63, 3.8) is 0 Å². The second-order valence-corrected chi connectivity index (χ2v) is 5.19. The van der Waals surface area contributed by atoms with E-state index in [1.165, 1.54) is 16.2 Å². The smallest absolute Gasteiger partial charge is 0.225 e. The predicted molar refractivity (Wildman–Crippen MR) is 64.1 cm³/mol. The van der Waals surface area contributed by atoms with Crippen LogP contribution in [0.5, 0.6) is 0 Å². The van der Waals surface area contributed by atoms with Crippen molar-refractivity contribution >= 4 is 22.0 Å². The zero-order chi connectivity index (χ0) is 11.1. The van der Waals surface area contributed by atoms with Crippen LogP contribution >= 0.6 is 11.3 Å². The van der Waals surface area contributed by atoms with Gasteiger partial charge in [0.05, 0.1) is 11.6 Å². The normalized spacial score (nSPS) is 23.9. The summed E-state index contributed by atoms with van der Waals surface area (Å²) in [6.07, 6.45) is 8.65. The maximum atomic E-state index is 7.18. The van der Waals surface area contributed by atoms with Gasteiger partial charge in [-0.3, -0.25) is 0 Å². The minimum absolute atomic E-state index is 0.290. The van der Waals surface area contributed by atoms with E-state index in [0.29, 0.717) is 10.7 Å². The van der Waals surface area contributed by atoms with Gasteiger partial charge < -0.3 is 5.73 Å². The van der Waals surface area contributed by atoms with Gasteiger partial charge in [-0.2, -0.15) is 0 Å². The van der Waals surface area contributed by atoms with Crippen molar-refractivity contribution in [2.24, 2.45) is 0 Å². The van der Waals surface area contributed by atoms with E-state index in [4.69, 9.17) is 18.7 Å². The van der Waals surface area contributed by atoms with Crippen molar-refractivity contribution in [2.75, 3.05) is 5.73 Å². The van der Waals surface area contributed by atoms with Crippen molar-refractivity contribution in [2.45, 2.75) is 31.6 Å². The van der Waals surface area contributed by atoms with Crippen LogP contribution in [-0.4, -0.2) is 0 Å². The molecule has 0 radical (unpaired) electrons. The minimum atomic E-state index is -0.290. The van der Waals surface area contributed by atoms with Gasteiger partial charge in [-0.05, 0) is 36.6 Å². The van der Waals surface area contributed by atoms with Gasteiger partial charge in [-0.1, -0.05) is 5.92 Å². The molecule has 0 saturated carbocycles. The second kappa shape index (κ2) is 3.29. The van der Waals surface area contributed by atoms with Crippen LogP contribution in [0, 0.1) is 18.9 Å². The van der Waals surface area contributed by atoms with Crippen LogP contribution in [0.3, 0.4) is 0 Å². The summed E-state index contributed by atoms with van der Waals surface area (Å²) in [6, 6.07) is 0. The van der Waals surface area contributed by atoms with Crippen LogP contribution in [-0.2, 0) is 11.8 Å². The Morgan fingerprint density at radius 2 is 2.40 bits per heavy atom. The maximum absolute atomic E-state index is 7.18. The molecule has 2 rings (SSSR count). The summed E-state index contributed by atoms with van der Waals surface area (Å²) in [4.78, 5) is 4.74. The topological polar surface area (TPSA) is 30.4 Å². The van der Waals surface area contributed by atoms with Crippen LogP contribution in [0.1, 0.15) is 30.2 Å². The highest BCUT2D eigenvalue weighted by molar-refractivity contribution is 7.16. The Morgan fingerprint density at radius 1 is 1.67 bits per heavy atom. The average molecular weight is 216 g/mol.